The quantitative estimate of drug-likeness (QED) is 0.689. The lowest BCUT2D eigenvalue weighted by Crippen LogP contribution is -2.41. The van der Waals surface area contributed by atoms with Crippen molar-refractivity contribution in [1.82, 2.24) is 15.1 Å². The van der Waals surface area contributed by atoms with Crippen molar-refractivity contribution in [3.63, 3.8) is 0 Å². The average Bonchev–Trinajstić information content (AvgIpc) is 2.75. The highest BCUT2D eigenvalue weighted by molar-refractivity contribution is 5.81. The molecule has 0 spiro atoms. The summed E-state index contributed by atoms with van der Waals surface area (Å²) in [5.41, 5.74) is 5.77. The van der Waals surface area contributed by atoms with E-state index in [1.54, 1.807) is 6.20 Å². The molecule has 0 bridgehead atoms. The Morgan fingerprint density at radius 3 is 2.88 bits per heavy atom. The number of nitrogens with zero attached hydrogens (tertiary/aromatic N) is 2. The van der Waals surface area contributed by atoms with Gasteiger partial charge in [0.25, 0.3) is 0 Å². The Kier molecular flexibility index (Phi) is 5.69. The van der Waals surface area contributed by atoms with E-state index in [2.05, 4.69) is 24.3 Å². The highest BCUT2D eigenvalue weighted by atomic mass is 16.2. The van der Waals surface area contributed by atoms with Gasteiger partial charge < -0.3 is 11.1 Å². The van der Waals surface area contributed by atoms with Crippen LogP contribution in [0.1, 0.15) is 26.7 Å². The lowest BCUT2D eigenvalue weighted by molar-refractivity contribution is -0.122. The number of hydrogen-bond acceptors (Lipinski definition) is 3. The lowest BCUT2D eigenvalue weighted by atomic mass is 10.0. The van der Waals surface area contributed by atoms with Crippen LogP contribution in [0.3, 0.4) is 0 Å². The molecule has 0 radical (unpaired) electrons. The van der Waals surface area contributed by atoms with E-state index in [9.17, 15) is 4.79 Å². The first-order valence-corrected chi connectivity index (χ1v) is 6.10. The molecule has 0 aliphatic heterocycles. The van der Waals surface area contributed by atoms with Crippen molar-refractivity contribution in [3.05, 3.63) is 18.5 Å². The summed E-state index contributed by atoms with van der Waals surface area (Å²) in [6.45, 7) is 5.58. The monoisotopic (exact) mass is 238 g/mol. The number of aromatic nitrogens is 2. The van der Waals surface area contributed by atoms with E-state index < -0.39 is 0 Å². The number of nitrogens with one attached hydrogen (secondary N) is 1. The molecule has 17 heavy (non-hydrogen) atoms. The van der Waals surface area contributed by atoms with Crippen LogP contribution in [0.25, 0.3) is 0 Å². The van der Waals surface area contributed by atoms with Crippen LogP contribution in [-0.4, -0.2) is 28.3 Å². The molecule has 3 N–H and O–H groups in total. The predicted octanol–water partition coefficient (Wildman–Crippen LogP) is 0.763. The standard InChI is InChI=1S/C12H22N4O/c1-10(2)9-11(13)12(17)14-5-3-7-16-8-4-6-15-16/h4,6,8,10-11H,3,5,7,9,13H2,1-2H3,(H,14,17). The normalized spacial score (nSPS) is 12.7. The fourth-order valence-electron chi connectivity index (χ4n) is 1.63. The van der Waals surface area contributed by atoms with Crippen LogP contribution in [0.15, 0.2) is 18.5 Å². The number of aryl methyl sites for hydroxylation is 1. The Hall–Kier alpha value is -1.36. The van der Waals surface area contributed by atoms with Crippen molar-refractivity contribution in [2.75, 3.05) is 6.54 Å². The van der Waals surface area contributed by atoms with Gasteiger partial charge in [0, 0.05) is 25.5 Å². The van der Waals surface area contributed by atoms with Gasteiger partial charge in [-0.25, -0.2) is 0 Å². The van der Waals surface area contributed by atoms with Crippen LogP contribution < -0.4 is 11.1 Å². The summed E-state index contributed by atoms with van der Waals surface area (Å²) in [4.78, 5) is 11.6. The van der Waals surface area contributed by atoms with Gasteiger partial charge in [-0.05, 0) is 24.8 Å². The Bertz CT molecular complexity index is 321. The van der Waals surface area contributed by atoms with Gasteiger partial charge >= 0.3 is 0 Å². The zero-order chi connectivity index (χ0) is 12.7. The largest absolute Gasteiger partial charge is 0.355 e. The van der Waals surface area contributed by atoms with E-state index >= 15 is 0 Å². The van der Waals surface area contributed by atoms with E-state index in [0.717, 1.165) is 19.4 Å². The molecule has 1 amide bonds. The van der Waals surface area contributed by atoms with Gasteiger partial charge in [-0.15, -0.1) is 0 Å². The minimum absolute atomic E-state index is 0.0563. The Balaban J connectivity index is 2.11. The SMILES string of the molecule is CC(C)CC(N)C(=O)NCCCn1cccn1. The minimum atomic E-state index is -0.389. The molecule has 0 aliphatic rings. The molecule has 96 valence electrons. The summed E-state index contributed by atoms with van der Waals surface area (Å²) < 4.78 is 1.85. The van der Waals surface area contributed by atoms with Crippen LogP contribution in [0, 0.1) is 5.92 Å². The van der Waals surface area contributed by atoms with Crippen molar-refractivity contribution in [2.45, 2.75) is 39.3 Å². The van der Waals surface area contributed by atoms with Crippen molar-refractivity contribution in [3.8, 4) is 0 Å². The molecule has 1 aromatic rings. The lowest BCUT2D eigenvalue weighted by Gasteiger charge is -2.14. The van der Waals surface area contributed by atoms with Gasteiger partial charge in [0.15, 0.2) is 0 Å². The van der Waals surface area contributed by atoms with E-state index in [4.69, 9.17) is 5.73 Å². The van der Waals surface area contributed by atoms with Crippen molar-refractivity contribution >= 4 is 5.91 Å². The highest BCUT2D eigenvalue weighted by Gasteiger charge is 2.13. The molecule has 1 unspecified atom stereocenters. The van der Waals surface area contributed by atoms with Gasteiger partial charge in [0.05, 0.1) is 6.04 Å². The number of carbonyl (C=O) groups is 1. The molecule has 5 nitrogen and oxygen atoms in total. The van der Waals surface area contributed by atoms with Gasteiger partial charge in [0.2, 0.25) is 5.91 Å². The van der Waals surface area contributed by atoms with Crippen LogP contribution in [0.2, 0.25) is 0 Å². The fraction of sp³-hybridized carbons (Fsp3) is 0.667. The second-order valence-corrected chi connectivity index (χ2v) is 4.65. The van der Waals surface area contributed by atoms with E-state index in [-0.39, 0.29) is 11.9 Å². The number of amides is 1. The van der Waals surface area contributed by atoms with Crippen molar-refractivity contribution in [2.24, 2.45) is 11.7 Å². The Labute approximate surface area is 102 Å². The van der Waals surface area contributed by atoms with Crippen LogP contribution >= 0.6 is 0 Å². The van der Waals surface area contributed by atoms with E-state index in [1.807, 2.05) is 16.9 Å². The third-order valence-electron chi connectivity index (χ3n) is 2.48. The van der Waals surface area contributed by atoms with Gasteiger partial charge in [-0.1, -0.05) is 13.8 Å². The molecular weight excluding hydrogens is 216 g/mol. The molecule has 1 heterocycles. The number of hydrogen-bond donors (Lipinski definition) is 2. The molecular formula is C12H22N4O. The molecule has 0 saturated heterocycles. The fourth-order valence-corrected chi connectivity index (χ4v) is 1.63. The predicted molar refractivity (Wildman–Crippen MR) is 67.3 cm³/mol. The van der Waals surface area contributed by atoms with Gasteiger partial charge in [-0.2, -0.15) is 5.10 Å². The molecule has 5 heteroatoms. The summed E-state index contributed by atoms with van der Waals surface area (Å²) in [5, 5.41) is 6.93. The molecule has 1 aromatic heterocycles. The van der Waals surface area contributed by atoms with Gasteiger partial charge in [0.1, 0.15) is 0 Å². The Morgan fingerprint density at radius 1 is 1.53 bits per heavy atom. The summed E-state index contributed by atoms with van der Waals surface area (Å²) >= 11 is 0. The zero-order valence-corrected chi connectivity index (χ0v) is 10.6. The highest BCUT2D eigenvalue weighted by Crippen LogP contribution is 2.02. The second-order valence-electron chi connectivity index (χ2n) is 4.65. The smallest absolute Gasteiger partial charge is 0.236 e. The molecule has 0 aromatic carbocycles. The third kappa shape index (κ3) is 5.49. The number of rotatable bonds is 7. The molecule has 1 atom stereocenters. The van der Waals surface area contributed by atoms with Crippen LogP contribution in [-0.2, 0) is 11.3 Å². The van der Waals surface area contributed by atoms with E-state index in [0.29, 0.717) is 12.5 Å². The summed E-state index contributed by atoms with van der Waals surface area (Å²) in [7, 11) is 0. The van der Waals surface area contributed by atoms with Crippen LogP contribution in [0.5, 0.6) is 0 Å². The summed E-state index contributed by atoms with van der Waals surface area (Å²) in [5.74, 6) is 0.388. The first kappa shape index (κ1) is 13.7. The van der Waals surface area contributed by atoms with E-state index in [1.165, 1.54) is 0 Å². The maximum Gasteiger partial charge on any atom is 0.236 e. The third-order valence-corrected chi connectivity index (χ3v) is 2.48. The number of nitrogens with two attached hydrogens (primary N) is 1. The molecule has 0 aliphatic carbocycles. The summed E-state index contributed by atoms with van der Waals surface area (Å²) in [6.07, 6.45) is 5.25. The van der Waals surface area contributed by atoms with Crippen molar-refractivity contribution in [1.29, 1.82) is 0 Å². The first-order chi connectivity index (χ1) is 8.09. The topological polar surface area (TPSA) is 72.9 Å². The average molecular weight is 238 g/mol. The maximum absolute atomic E-state index is 11.6. The maximum atomic E-state index is 11.6. The second kappa shape index (κ2) is 7.06. The molecule has 0 fully saturated rings. The Morgan fingerprint density at radius 2 is 2.29 bits per heavy atom. The zero-order valence-electron chi connectivity index (χ0n) is 10.6. The first-order valence-electron chi connectivity index (χ1n) is 6.10. The molecule has 1 rings (SSSR count). The van der Waals surface area contributed by atoms with Crippen LogP contribution in [0.4, 0.5) is 0 Å². The molecule has 0 saturated carbocycles. The minimum Gasteiger partial charge on any atom is -0.355 e. The summed E-state index contributed by atoms with van der Waals surface area (Å²) in [6, 6.07) is 1.50. The van der Waals surface area contributed by atoms with Gasteiger partial charge in [-0.3, -0.25) is 9.48 Å². The van der Waals surface area contributed by atoms with Crippen molar-refractivity contribution < 1.29 is 4.79 Å². The number of carbonyl (C=O) groups excluding carboxylic acids is 1.